The van der Waals surface area contributed by atoms with Crippen LogP contribution >= 0.6 is 0 Å². The van der Waals surface area contributed by atoms with E-state index in [1.807, 2.05) is 18.2 Å². The standard InChI is InChI=1S/C19H14N4O3/c24-19-15-8-7-13(10-16(15)14-5-3-9-20-18(14)22-19)21-11-12-4-1-2-6-17(12)23(25)26/h1-10,21H,11H2,(H,20,22,24). The number of nitrogens with one attached hydrogen (secondary N) is 2. The Labute approximate surface area is 147 Å². The fourth-order valence-corrected chi connectivity index (χ4v) is 3.01. The maximum absolute atomic E-state index is 12.2. The van der Waals surface area contributed by atoms with Gasteiger partial charge in [-0.05, 0) is 30.3 Å². The van der Waals surface area contributed by atoms with Crippen LogP contribution in [0.25, 0.3) is 21.8 Å². The van der Waals surface area contributed by atoms with Gasteiger partial charge in [-0.1, -0.05) is 18.2 Å². The molecule has 0 radical (unpaired) electrons. The quantitative estimate of drug-likeness (QED) is 0.334. The molecule has 4 aromatic rings. The molecule has 26 heavy (non-hydrogen) atoms. The van der Waals surface area contributed by atoms with Crippen molar-refractivity contribution in [3.8, 4) is 0 Å². The summed E-state index contributed by atoms with van der Waals surface area (Å²) in [5.74, 6) is 0. The lowest BCUT2D eigenvalue weighted by molar-refractivity contribution is -0.385. The summed E-state index contributed by atoms with van der Waals surface area (Å²) in [7, 11) is 0. The van der Waals surface area contributed by atoms with Gasteiger partial charge in [0.2, 0.25) is 0 Å². The Hall–Kier alpha value is -3.74. The molecule has 0 saturated carbocycles. The highest BCUT2D eigenvalue weighted by Gasteiger charge is 2.12. The molecule has 7 heteroatoms. The van der Waals surface area contributed by atoms with Gasteiger partial charge in [0.05, 0.1) is 4.92 Å². The molecular formula is C19H14N4O3. The second-order valence-electron chi connectivity index (χ2n) is 5.85. The third kappa shape index (κ3) is 2.75. The topological polar surface area (TPSA) is 101 Å². The molecule has 2 aromatic heterocycles. The maximum Gasteiger partial charge on any atom is 0.274 e. The van der Waals surface area contributed by atoms with Crippen LogP contribution in [-0.2, 0) is 6.54 Å². The van der Waals surface area contributed by atoms with Crippen molar-refractivity contribution in [1.82, 2.24) is 9.97 Å². The van der Waals surface area contributed by atoms with Gasteiger partial charge >= 0.3 is 0 Å². The number of nitro groups is 1. The van der Waals surface area contributed by atoms with Crippen LogP contribution in [0.4, 0.5) is 11.4 Å². The fourth-order valence-electron chi connectivity index (χ4n) is 3.01. The predicted molar refractivity (Wildman–Crippen MR) is 100 cm³/mol. The molecule has 0 aliphatic carbocycles. The highest BCUT2D eigenvalue weighted by molar-refractivity contribution is 6.05. The number of hydrogen-bond acceptors (Lipinski definition) is 5. The van der Waals surface area contributed by atoms with Gasteiger partial charge < -0.3 is 10.3 Å². The van der Waals surface area contributed by atoms with Gasteiger partial charge in [0, 0.05) is 46.2 Å². The van der Waals surface area contributed by atoms with Crippen molar-refractivity contribution in [3.05, 3.63) is 86.8 Å². The molecule has 0 fully saturated rings. The summed E-state index contributed by atoms with van der Waals surface area (Å²) in [5, 5.41) is 16.5. The molecule has 0 saturated heterocycles. The number of hydrogen-bond donors (Lipinski definition) is 2. The highest BCUT2D eigenvalue weighted by Crippen LogP contribution is 2.24. The van der Waals surface area contributed by atoms with Gasteiger partial charge in [0.1, 0.15) is 5.65 Å². The van der Waals surface area contributed by atoms with E-state index >= 15 is 0 Å². The molecule has 0 unspecified atom stereocenters. The predicted octanol–water partition coefficient (Wildman–Crippen LogP) is 3.60. The van der Waals surface area contributed by atoms with Gasteiger partial charge in [-0.3, -0.25) is 14.9 Å². The third-order valence-electron chi connectivity index (χ3n) is 4.27. The van der Waals surface area contributed by atoms with Gasteiger partial charge in [0.25, 0.3) is 11.2 Å². The average Bonchev–Trinajstić information content (AvgIpc) is 2.66. The lowest BCUT2D eigenvalue weighted by atomic mass is 10.1. The first-order valence-electron chi connectivity index (χ1n) is 8.00. The second-order valence-corrected chi connectivity index (χ2v) is 5.85. The number of aromatic nitrogens is 2. The zero-order valence-electron chi connectivity index (χ0n) is 13.6. The number of nitrogens with zero attached hydrogens (tertiary/aromatic N) is 2. The first-order valence-corrected chi connectivity index (χ1v) is 8.00. The van der Waals surface area contributed by atoms with Crippen molar-refractivity contribution < 1.29 is 4.92 Å². The van der Waals surface area contributed by atoms with Crippen LogP contribution in [0.1, 0.15) is 5.56 Å². The summed E-state index contributed by atoms with van der Waals surface area (Å²) in [6.45, 7) is 0.308. The van der Waals surface area contributed by atoms with E-state index in [1.165, 1.54) is 6.07 Å². The number of pyridine rings is 2. The Morgan fingerprint density at radius 2 is 1.88 bits per heavy atom. The number of para-hydroxylation sites is 1. The number of fused-ring (bicyclic) bond motifs is 3. The number of nitro benzene ring substituents is 1. The van der Waals surface area contributed by atoms with Crippen molar-refractivity contribution in [1.29, 1.82) is 0 Å². The average molecular weight is 346 g/mol. The van der Waals surface area contributed by atoms with Crippen LogP contribution in [0.2, 0.25) is 0 Å². The molecule has 0 atom stereocenters. The molecule has 0 bridgehead atoms. The van der Waals surface area contributed by atoms with E-state index < -0.39 is 4.92 Å². The van der Waals surface area contributed by atoms with Crippen LogP contribution in [0, 0.1) is 10.1 Å². The highest BCUT2D eigenvalue weighted by atomic mass is 16.6. The molecule has 0 aliphatic heterocycles. The van der Waals surface area contributed by atoms with Crippen LogP contribution < -0.4 is 10.9 Å². The Kier molecular flexibility index (Phi) is 3.81. The monoisotopic (exact) mass is 346 g/mol. The van der Waals surface area contributed by atoms with Crippen molar-refractivity contribution in [2.24, 2.45) is 0 Å². The summed E-state index contributed by atoms with van der Waals surface area (Å²) in [6, 6.07) is 15.7. The van der Waals surface area contributed by atoms with E-state index in [0.717, 1.165) is 16.5 Å². The third-order valence-corrected chi connectivity index (χ3v) is 4.27. The molecule has 0 spiro atoms. The SMILES string of the molecule is O=c1[nH]c2ncccc2c2cc(NCc3ccccc3[N+](=O)[O-])ccc12. The molecule has 0 amide bonds. The van der Waals surface area contributed by atoms with Crippen LogP contribution in [0.5, 0.6) is 0 Å². The van der Waals surface area contributed by atoms with Crippen molar-refractivity contribution in [2.75, 3.05) is 5.32 Å². The van der Waals surface area contributed by atoms with E-state index in [9.17, 15) is 14.9 Å². The van der Waals surface area contributed by atoms with Crippen molar-refractivity contribution in [3.63, 3.8) is 0 Å². The van der Waals surface area contributed by atoms with Gasteiger partial charge in [-0.2, -0.15) is 0 Å². The molecule has 0 aliphatic rings. The number of anilines is 1. The van der Waals surface area contributed by atoms with E-state index in [2.05, 4.69) is 15.3 Å². The fraction of sp³-hybridized carbons (Fsp3) is 0.0526. The van der Waals surface area contributed by atoms with E-state index in [0.29, 0.717) is 23.1 Å². The minimum atomic E-state index is -0.393. The zero-order chi connectivity index (χ0) is 18.1. The van der Waals surface area contributed by atoms with Crippen LogP contribution in [0.15, 0.2) is 65.6 Å². The minimum absolute atomic E-state index is 0.0758. The second kappa shape index (κ2) is 6.29. The minimum Gasteiger partial charge on any atom is -0.381 e. The summed E-state index contributed by atoms with van der Waals surface area (Å²) in [5.41, 5.74) is 1.77. The Balaban J connectivity index is 1.73. The molecule has 128 valence electrons. The van der Waals surface area contributed by atoms with Gasteiger partial charge in [0.15, 0.2) is 0 Å². The first kappa shape index (κ1) is 15.8. The maximum atomic E-state index is 12.2. The first-order chi connectivity index (χ1) is 12.6. The van der Waals surface area contributed by atoms with E-state index in [4.69, 9.17) is 0 Å². The number of rotatable bonds is 4. The zero-order valence-corrected chi connectivity index (χ0v) is 13.6. The van der Waals surface area contributed by atoms with Gasteiger partial charge in [-0.15, -0.1) is 0 Å². The lowest BCUT2D eigenvalue weighted by Crippen LogP contribution is -2.08. The molecular weight excluding hydrogens is 332 g/mol. The number of aromatic amines is 1. The molecule has 4 rings (SSSR count). The van der Waals surface area contributed by atoms with Gasteiger partial charge in [-0.25, -0.2) is 4.98 Å². The Morgan fingerprint density at radius 1 is 1.04 bits per heavy atom. The molecule has 2 aromatic carbocycles. The molecule has 2 heterocycles. The summed E-state index contributed by atoms with van der Waals surface area (Å²) < 4.78 is 0. The Morgan fingerprint density at radius 3 is 2.73 bits per heavy atom. The lowest BCUT2D eigenvalue weighted by Gasteiger charge is -2.09. The number of H-pyrrole nitrogens is 1. The summed E-state index contributed by atoms with van der Waals surface area (Å²) in [4.78, 5) is 29.9. The Bertz CT molecular complexity index is 1200. The van der Waals surface area contributed by atoms with E-state index in [-0.39, 0.29) is 11.2 Å². The summed E-state index contributed by atoms with van der Waals surface area (Å²) in [6.07, 6.45) is 1.63. The molecule has 2 N–H and O–H groups in total. The van der Waals surface area contributed by atoms with E-state index in [1.54, 1.807) is 36.5 Å². The van der Waals surface area contributed by atoms with Crippen molar-refractivity contribution >= 4 is 33.2 Å². The van der Waals surface area contributed by atoms with Crippen molar-refractivity contribution in [2.45, 2.75) is 6.54 Å². The largest absolute Gasteiger partial charge is 0.381 e. The normalized spacial score (nSPS) is 10.9. The van der Waals surface area contributed by atoms with Crippen LogP contribution in [0.3, 0.4) is 0 Å². The summed E-state index contributed by atoms with van der Waals surface area (Å²) >= 11 is 0. The molecule has 7 nitrogen and oxygen atoms in total. The number of benzene rings is 2. The smallest absolute Gasteiger partial charge is 0.274 e. The van der Waals surface area contributed by atoms with Crippen LogP contribution in [-0.4, -0.2) is 14.9 Å².